The Labute approximate surface area is 171 Å². The molecule has 1 aromatic carbocycles. The molecule has 3 aromatic rings. The van der Waals surface area contributed by atoms with E-state index < -0.39 is 0 Å². The molecule has 1 aliphatic heterocycles. The summed E-state index contributed by atoms with van der Waals surface area (Å²) in [6, 6.07) is 7.31. The molecule has 8 heteroatoms. The van der Waals surface area contributed by atoms with Gasteiger partial charge in [-0.2, -0.15) is 0 Å². The summed E-state index contributed by atoms with van der Waals surface area (Å²) in [7, 11) is 0. The third-order valence-electron chi connectivity index (χ3n) is 4.74. The lowest BCUT2D eigenvalue weighted by atomic mass is 10.1. The van der Waals surface area contributed by atoms with E-state index in [1.807, 2.05) is 30.9 Å². The van der Waals surface area contributed by atoms with E-state index in [1.165, 1.54) is 11.3 Å². The standard InChI is InChI=1S/C20H21ClN4O2S/c1-11(2)8-17(26)25-7-6-14-16(10-25)28-20(23-14)24-19(27)15-9-12-4-3-5-13(21)18(12)22-15/h3-5,9,11,22H,6-8,10H2,1-2H3,(H,23,24,27). The Morgan fingerprint density at radius 3 is 2.96 bits per heavy atom. The number of aromatic nitrogens is 2. The first-order valence-electron chi connectivity index (χ1n) is 9.25. The molecule has 0 bridgehead atoms. The highest BCUT2D eigenvalue weighted by Crippen LogP contribution is 2.30. The fourth-order valence-electron chi connectivity index (χ4n) is 3.35. The summed E-state index contributed by atoms with van der Waals surface area (Å²) < 4.78 is 0. The van der Waals surface area contributed by atoms with Crippen LogP contribution in [-0.4, -0.2) is 33.2 Å². The molecule has 0 saturated carbocycles. The third-order valence-corrected chi connectivity index (χ3v) is 6.05. The average Bonchev–Trinajstić information content (AvgIpc) is 3.24. The Morgan fingerprint density at radius 2 is 2.21 bits per heavy atom. The van der Waals surface area contributed by atoms with Crippen LogP contribution < -0.4 is 5.32 Å². The maximum Gasteiger partial charge on any atom is 0.273 e. The summed E-state index contributed by atoms with van der Waals surface area (Å²) in [6.07, 6.45) is 1.27. The Balaban J connectivity index is 1.48. The van der Waals surface area contributed by atoms with Crippen molar-refractivity contribution < 1.29 is 9.59 Å². The van der Waals surface area contributed by atoms with E-state index in [0.29, 0.717) is 47.7 Å². The summed E-state index contributed by atoms with van der Waals surface area (Å²) in [5.41, 5.74) is 2.14. The number of carbonyl (C=O) groups excluding carboxylic acids is 2. The molecular weight excluding hydrogens is 396 g/mol. The Kier molecular flexibility index (Phi) is 5.12. The van der Waals surface area contributed by atoms with Gasteiger partial charge in [0, 0.05) is 29.6 Å². The third kappa shape index (κ3) is 3.77. The molecule has 146 valence electrons. The lowest BCUT2D eigenvalue weighted by Crippen LogP contribution is -2.36. The van der Waals surface area contributed by atoms with Crippen LogP contribution in [0.1, 0.15) is 41.3 Å². The van der Waals surface area contributed by atoms with E-state index >= 15 is 0 Å². The number of thiazole rings is 1. The molecule has 3 heterocycles. The number of rotatable bonds is 4. The molecule has 0 saturated heterocycles. The summed E-state index contributed by atoms with van der Waals surface area (Å²) in [5.74, 6) is 0.260. The summed E-state index contributed by atoms with van der Waals surface area (Å²) >= 11 is 7.60. The lowest BCUT2D eigenvalue weighted by molar-refractivity contribution is -0.132. The van der Waals surface area contributed by atoms with Crippen molar-refractivity contribution in [2.24, 2.45) is 5.92 Å². The molecule has 4 rings (SSSR count). The number of hydrogen-bond acceptors (Lipinski definition) is 4. The fraction of sp³-hybridized carbons (Fsp3) is 0.350. The van der Waals surface area contributed by atoms with Crippen LogP contribution in [0, 0.1) is 5.92 Å². The Morgan fingerprint density at radius 1 is 1.39 bits per heavy atom. The van der Waals surface area contributed by atoms with E-state index in [1.54, 1.807) is 12.1 Å². The highest BCUT2D eigenvalue weighted by atomic mass is 35.5. The Hall–Kier alpha value is -2.38. The van der Waals surface area contributed by atoms with Crippen LogP contribution >= 0.6 is 22.9 Å². The second-order valence-electron chi connectivity index (χ2n) is 7.39. The number of anilines is 1. The largest absolute Gasteiger partial charge is 0.349 e. The number of nitrogens with zero attached hydrogens (tertiary/aromatic N) is 2. The van der Waals surface area contributed by atoms with Gasteiger partial charge in [0.15, 0.2) is 5.13 Å². The van der Waals surface area contributed by atoms with Crippen molar-refractivity contribution in [3.05, 3.63) is 45.6 Å². The quantitative estimate of drug-likeness (QED) is 0.659. The topological polar surface area (TPSA) is 78.1 Å². The van der Waals surface area contributed by atoms with Crippen LogP contribution in [0.15, 0.2) is 24.3 Å². The van der Waals surface area contributed by atoms with Crippen LogP contribution in [0.25, 0.3) is 10.9 Å². The summed E-state index contributed by atoms with van der Waals surface area (Å²) in [5, 5.41) is 4.88. The van der Waals surface area contributed by atoms with Crippen molar-refractivity contribution in [2.45, 2.75) is 33.2 Å². The van der Waals surface area contributed by atoms with Crippen molar-refractivity contribution >= 4 is 50.8 Å². The smallest absolute Gasteiger partial charge is 0.273 e. The fourth-order valence-corrected chi connectivity index (χ4v) is 4.59. The molecule has 1 aliphatic rings. The van der Waals surface area contributed by atoms with Crippen molar-refractivity contribution in [1.29, 1.82) is 0 Å². The van der Waals surface area contributed by atoms with E-state index in [-0.39, 0.29) is 11.8 Å². The first-order valence-corrected chi connectivity index (χ1v) is 10.4. The molecule has 0 aliphatic carbocycles. The minimum atomic E-state index is -0.258. The normalized spacial score (nSPS) is 13.8. The Bertz CT molecular complexity index is 1060. The molecule has 0 spiro atoms. The zero-order valence-electron chi connectivity index (χ0n) is 15.7. The van der Waals surface area contributed by atoms with E-state index in [2.05, 4.69) is 15.3 Å². The average molecular weight is 417 g/mol. The van der Waals surface area contributed by atoms with Gasteiger partial charge in [-0.1, -0.05) is 48.9 Å². The molecule has 28 heavy (non-hydrogen) atoms. The van der Waals surface area contributed by atoms with Crippen LogP contribution in [0.3, 0.4) is 0 Å². The SMILES string of the molecule is CC(C)CC(=O)N1CCc2nc(NC(=O)c3cc4cccc(Cl)c4[nH]3)sc2C1. The number of fused-ring (bicyclic) bond motifs is 2. The number of para-hydroxylation sites is 1. The predicted molar refractivity (Wildman–Crippen MR) is 112 cm³/mol. The first-order chi connectivity index (χ1) is 13.4. The van der Waals surface area contributed by atoms with Crippen LogP contribution in [0.2, 0.25) is 5.02 Å². The molecule has 2 N–H and O–H groups in total. The molecule has 0 atom stereocenters. The maximum absolute atomic E-state index is 12.6. The van der Waals surface area contributed by atoms with Gasteiger partial charge in [-0.05, 0) is 18.1 Å². The second kappa shape index (κ2) is 7.56. The monoisotopic (exact) mass is 416 g/mol. The second-order valence-corrected chi connectivity index (χ2v) is 8.88. The number of halogens is 1. The molecular formula is C20H21ClN4O2S. The molecule has 0 fully saturated rings. The van der Waals surface area contributed by atoms with Crippen LogP contribution in [-0.2, 0) is 17.8 Å². The molecule has 2 amide bonds. The van der Waals surface area contributed by atoms with Gasteiger partial charge >= 0.3 is 0 Å². The van der Waals surface area contributed by atoms with Crippen molar-refractivity contribution in [3.63, 3.8) is 0 Å². The van der Waals surface area contributed by atoms with E-state index in [9.17, 15) is 9.59 Å². The number of nitrogens with one attached hydrogen (secondary N) is 2. The van der Waals surface area contributed by atoms with Gasteiger partial charge in [-0.3, -0.25) is 14.9 Å². The van der Waals surface area contributed by atoms with E-state index in [0.717, 1.165) is 21.5 Å². The minimum Gasteiger partial charge on any atom is -0.349 e. The lowest BCUT2D eigenvalue weighted by Gasteiger charge is -2.26. The highest BCUT2D eigenvalue weighted by molar-refractivity contribution is 7.15. The van der Waals surface area contributed by atoms with Gasteiger partial charge in [-0.25, -0.2) is 4.98 Å². The number of hydrogen-bond donors (Lipinski definition) is 2. The van der Waals surface area contributed by atoms with Gasteiger partial charge < -0.3 is 9.88 Å². The van der Waals surface area contributed by atoms with E-state index in [4.69, 9.17) is 11.6 Å². The van der Waals surface area contributed by atoms with Crippen LogP contribution in [0.4, 0.5) is 5.13 Å². The maximum atomic E-state index is 12.6. The van der Waals surface area contributed by atoms with Crippen molar-refractivity contribution in [3.8, 4) is 0 Å². The van der Waals surface area contributed by atoms with Gasteiger partial charge in [0.25, 0.3) is 5.91 Å². The number of benzene rings is 1. The summed E-state index contributed by atoms with van der Waals surface area (Å²) in [4.78, 5) is 35.5. The highest BCUT2D eigenvalue weighted by Gasteiger charge is 2.25. The van der Waals surface area contributed by atoms with Gasteiger partial charge in [-0.15, -0.1) is 0 Å². The number of carbonyl (C=O) groups is 2. The molecule has 0 unspecified atom stereocenters. The van der Waals surface area contributed by atoms with Crippen molar-refractivity contribution in [1.82, 2.24) is 14.9 Å². The summed E-state index contributed by atoms with van der Waals surface area (Å²) in [6.45, 7) is 5.34. The number of aromatic amines is 1. The van der Waals surface area contributed by atoms with Gasteiger partial charge in [0.05, 0.1) is 22.8 Å². The molecule has 0 radical (unpaired) electrons. The van der Waals surface area contributed by atoms with Gasteiger partial charge in [0.1, 0.15) is 5.69 Å². The number of amides is 2. The molecule has 2 aromatic heterocycles. The minimum absolute atomic E-state index is 0.176. The zero-order valence-corrected chi connectivity index (χ0v) is 17.3. The number of H-pyrrole nitrogens is 1. The van der Waals surface area contributed by atoms with Crippen molar-refractivity contribution in [2.75, 3.05) is 11.9 Å². The zero-order chi connectivity index (χ0) is 19.8. The molecule has 6 nitrogen and oxygen atoms in total. The predicted octanol–water partition coefficient (Wildman–Crippen LogP) is 4.46. The van der Waals surface area contributed by atoms with Gasteiger partial charge in [0.2, 0.25) is 5.91 Å². The first kappa shape index (κ1) is 19.0. The van der Waals surface area contributed by atoms with Crippen LogP contribution in [0.5, 0.6) is 0 Å².